The van der Waals surface area contributed by atoms with Crippen LogP contribution in [0.3, 0.4) is 0 Å². The molecule has 0 aromatic carbocycles. The lowest BCUT2D eigenvalue weighted by atomic mass is 10.2. The van der Waals surface area contributed by atoms with E-state index in [9.17, 15) is 4.79 Å². The van der Waals surface area contributed by atoms with Crippen LogP contribution in [0, 0.1) is 0 Å². The molecule has 1 unspecified atom stereocenters. The second-order valence-electron chi connectivity index (χ2n) is 3.56. The first-order valence-electron chi connectivity index (χ1n) is 5.35. The molecule has 0 saturated carbocycles. The zero-order chi connectivity index (χ0) is 11.1. The molecule has 1 aliphatic rings. The molecule has 1 fully saturated rings. The molecule has 1 heterocycles. The number of hydrogen-bond donors (Lipinski definition) is 1. The fourth-order valence-corrected chi connectivity index (χ4v) is 1.52. The number of hydrogen-bond acceptors (Lipinski definition) is 3. The van der Waals surface area contributed by atoms with E-state index in [0.717, 1.165) is 19.4 Å². The van der Waals surface area contributed by atoms with Crippen molar-refractivity contribution in [2.45, 2.75) is 32.3 Å². The van der Waals surface area contributed by atoms with Crippen molar-refractivity contribution in [3.63, 3.8) is 0 Å². The summed E-state index contributed by atoms with van der Waals surface area (Å²) in [6, 6.07) is 0. The summed E-state index contributed by atoms with van der Waals surface area (Å²) >= 11 is 0. The number of carboxylic acids is 1. The summed E-state index contributed by atoms with van der Waals surface area (Å²) in [6.07, 6.45) is 4.49. The third kappa shape index (κ3) is 4.44. The summed E-state index contributed by atoms with van der Waals surface area (Å²) in [5, 5.41) is 8.74. The fraction of sp³-hybridized carbons (Fsp3) is 0.727. The zero-order valence-electron chi connectivity index (χ0n) is 9.07. The molecular weight excluding hydrogens is 196 g/mol. The molecule has 0 aromatic heterocycles. The van der Waals surface area contributed by atoms with Gasteiger partial charge in [-0.25, -0.2) is 4.79 Å². The SMILES string of the molecule is CCC(=CCOCC1CCCO1)C(=O)O. The van der Waals surface area contributed by atoms with E-state index in [2.05, 4.69) is 0 Å². The second kappa shape index (κ2) is 6.58. The number of carboxylic acid groups (broad SMARTS) is 1. The molecule has 15 heavy (non-hydrogen) atoms. The highest BCUT2D eigenvalue weighted by Gasteiger charge is 2.14. The number of carbonyl (C=O) groups is 1. The Morgan fingerprint density at radius 3 is 3.00 bits per heavy atom. The van der Waals surface area contributed by atoms with Crippen molar-refractivity contribution in [3.05, 3.63) is 11.6 Å². The number of ether oxygens (including phenoxy) is 2. The number of rotatable bonds is 6. The van der Waals surface area contributed by atoms with Gasteiger partial charge in [0.15, 0.2) is 0 Å². The second-order valence-corrected chi connectivity index (χ2v) is 3.56. The van der Waals surface area contributed by atoms with Crippen LogP contribution in [0.1, 0.15) is 26.2 Å². The Labute approximate surface area is 89.9 Å². The van der Waals surface area contributed by atoms with E-state index >= 15 is 0 Å². The van der Waals surface area contributed by atoms with Gasteiger partial charge in [-0.1, -0.05) is 6.92 Å². The van der Waals surface area contributed by atoms with Crippen LogP contribution in [0.4, 0.5) is 0 Å². The molecule has 1 aliphatic heterocycles. The van der Waals surface area contributed by atoms with E-state index in [1.165, 1.54) is 0 Å². The van der Waals surface area contributed by atoms with Crippen LogP contribution in [0.25, 0.3) is 0 Å². The van der Waals surface area contributed by atoms with Gasteiger partial charge in [-0.3, -0.25) is 0 Å². The molecule has 1 N–H and O–H groups in total. The molecule has 0 aliphatic carbocycles. The first-order chi connectivity index (χ1) is 7.24. The Hall–Kier alpha value is -0.870. The monoisotopic (exact) mass is 214 g/mol. The van der Waals surface area contributed by atoms with Gasteiger partial charge in [-0.2, -0.15) is 0 Å². The van der Waals surface area contributed by atoms with Gasteiger partial charge in [0.25, 0.3) is 0 Å². The Morgan fingerprint density at radius 2 is 2.47 bits per heavy atom. The summed E-state index contributed by atoms with van der Waals surface area (Å²) in [5.41, 5.74) is 0.405. The van der Waals surface area contributed by atoms with Gasteiger partial charge >= 0.3 is 5.97 Å². The van der Waals surface area contributed by atoms with Gasteiger partial charge in [0.05, 0.1) is 19.3 Å². The lowest BCUT2D eigenvalue weighted by molar-refractivity contribution is -0.132. The predicted octanol–water partition coefficient (Wildman–Crippen LogP) is 1.60. The van der Waals surface area contributed by atoms with Crippen molar-refractivity contribution in [2.75, 3.05) is 19.8 Å². The topological polar surface area (TPSA) is 55.8 Å². The maximum absolute atomic E-state index is 10.6. The first kappa shape index (κ1) is 12.2. The maximum atomic E-state index is 10.6. The van der Waals surface area contributed by atoms with Crippen LogP contribution in [0.2, 0.25) is 0 Å². The summed E-state index contributed by atoms with van der Waals surface area (Å²) < 4.78 is 10.7. The molecule has 1 saturated heterocycles. The van der Waals surface area contributed by atoms with Crippen LogP contribution in [-0.2, 0) is 14.3 Å². The van der Waals surface area contributed by atoms with E-state index in [1.807, 2.05) is 6.92 Å². The molecule has 1 rings (SSSR count). The minimum Gasteiger partial charge on any atom is -0.478 e. The van der Waals surface area contributed by atoms with Crippen molar-refractivity contribution >= 4 is 5.97 Å². The van der Waals surface area contributed by atoms with Crippen molar-refractivity contribution in [1.82, 2.24) is 0 Å². The van der Waals surface area contributed by atoms with Gasteiger partial charge in [0.1, 0.15) is 0 Å². The highest BCUT2D eigenvalue weighted by Crippen LogP contribution is 2.12. The first-order valence-corrected chi connectivity index (χ1v) is 5.35. The maximum Gasteiger partial charge on any atom is 0.331 e. The predicted molar refractivity (Wildman–Crippen MR) is 55.8 cm³/mol. The number of aliphatic carboxylic acids is 1. The highest BCUT2D eigenvalue weighted by atomic mass is 16.5. The van der Waals surface area contributed by atoms with Gasteiger partial charge in [0.2, 0.25) is 0 Å². The van der Waals surface area contributed by atoms with Crippen molar-refractivity contribution in [3.8, 4) is 0 Å². The third-order valence-corrected chi connectivity index (χ3v) is 2.43. The van der Waals surface area contributed by atoms with Crippen molar-refractivity contribution in [2.24, 2.45) is 0 Å². The van der Waals surface area contributed by atoms with Gasteiger partial charge in [-0.15, -0.1) is 0 Å². The van der Waals surface area contributed by atoms with Gasteiger partial charge < -0.3 is 14.6 Å². The molecule has 0 radical (unpaired) electrons. The molecular formula is C11H18O4. The van der Waals surface area contributed by atoms with Crippen LogP contribution in [0.5, 0.6) is 0 Å². The largest absolute Gasteiger partial charge is 0.478 e. The molecule has 86 valence electrons. The summed E-state index contributed by atoms with van der Waals surface area (Å²) in [4.78, 5) is 10.6. The average molecular weight is 214 g/mol. The van der Waals surface area contributed by atoms with Crippen molar-refractivity contribution < 1.29 is 19.4 Å². The Kier molecular flexibility index (Phi) is 5.36. The van der Waals surface area contributed by atoms with Gasteiger partial charge in [-0.05, 0) is 25.3 Å². The standard InChI is InChI=1S/C11H18O4/c1-2-9(11(12)13)5-7-14-8-10-4-3-6-15-10/h5,10H,2-4,6-8H2,1H3,(H,12,13). The molecule has 1 atom stereocenters. The molecule has 0 bridgehead atoms. The quantitative estimate of drug-likeness (QED) is 0.539. The van der Waals surface area contributed by atoms with E-state index in [4.69, 9.17) is 14.6 Å². The van der Waals surface area contributed by atoms with E-state index in [1.54, 1.807) is 6.08 Å². The average Bonchev–Trinajstić information content (AvgIpc) is 2.70. The Balaban J connectivity index is 2.16. The van der Waals surface area contributed by atoms with E-state index in [-0.39, 0.29) is 6.10 Å². The Bertz CT molecular complexity index is 229. The molecule has 0 spiro atoms. The highest BCUT2D eigenvalue weighted by molar-refractivity contribution is 5.86. The lowest BCUT2D eigenvalue weighted by Gasteiger charge is -2.08. The smallest absolute Gasteiger partial charge is 0.331 e. The van der Waals surface area contributed by atoms with Crippen LogP contribution in [-0.4, -0.2) is 37.0 Å². The summed E-state index contributed by atoms with van der Waals surface area (Å²) in [6.45, 7) is 3.56. The summed E-state index contributed by atoms with van der Waals surface area (Å²) in [5.74, 6) is -0.863. The molecule has 4 nitrogen and oxygen atoms in total. The minimum atomic E-state index is -0.863. The lowest BCUT2D eigenvalue weighted by Crippen LogP contribution is -2.14. The van der Waals surface area contributed by atoms with Crippen LogP contribution >= 0.6 is 0 Å². The van der Waals surface area contributed by atoms with E-state index in [0.29, 0.717) is 25.2 Å². The van der Waals surface area contributed by atoms with E-state index < -0.39 is 5.97 Å². The van der Waals surface area contributed by atoms with Crippen molar-refractivity contribution in [1.29, 1.82) is 0 Å². The van der Waals surface area contributed by atoms with Crippen LogP contribution in [0.15, 0.2) is 11.6 Å². The molecule has 0 amide bonds. The summed E-state index contributed by atoms with van der Waals surface area (Å²) in [7, 11) is 0. The molecule has 0 aromatic rings. The van der Waals surface area contributed by atoms with Crippen LogP contribution < -0.4 is 0 Å². The van der Waals surface area contributed by atoms with Gasteiger partial charge in [0, 0.05) is 12.2 Å². The third-order valence-electron chi connectivity index (χ3n) is 2.43. The minimum absolute atomic E-state index is 0.202. The fourth-order valence-electron chi connectivity index (χ4n) is 1.52. The Morgan fingerprint density at radius 1 is 1.67 bits per heavy atom. The zero-order valence-corrected chi connectivity index (χ0v) is 9.07. The normalized spacial score (nSPS) is 21.9. The molecule has 4 heteroatoms.